The summed E-state index contributed by atoms with van der Waals surface area (Å²) in [6, 6.07) is 17.3. The molecule has 2 aromatic carbocycles. The number of hydrogen-bond donors (Lipinski definition) is 0. The molecule has 3 aromatic rings. The predicted octanol–water partition coefficient (Wildman–Crippen LogP) is 4.45. The maximum absolute atomic E-state index is 12.9. The highest BCUT2D eigenvalue weighted by Crippen LogP contribution is 2.30. The Morgan fingerprint density at radius 3 is 2.77 bits per heavy atom. The van der Waals surface area contributed by atoms with Gasteiger partial charge in [-0.05, 0) is 36.6 Å². The zero-order valence-corrected chi connectivity index (χ0v) is 13.9. The number of rotatable bonds is 3. The van der Waals surface area contributed by atoms with Crippen molar-refractivity contribution >= 4 is 17.3 Å². The zero-order valence-electron chi connectivity index (χ0n) is 13.9. The molecule has 0 fully saturated rings. The average Bonchev–Trinajstić information content (AvgIpc) is 3.17. The van der Waals surface area contributed by atoms with Crippen LogP contribution in [0.5, 0.6) is 0 Å². The van der Waals surface area contributed by atoms with Crippen molar-refractivity contribution in [2.75, 3.05) is 11.4 Å². The van der Waals surface area contributed by atoms with Gasteiger partial charge in [0, 0.05) is 29.9 Å². The van der Waals surface area contributed by atoms with Crippen LogP contribution in [0.15, 0.2) is 65.1 Å². The number of nitro benzene ring substituents is 1. The molecule has 130 valence electrons. The third kappa shape index (κ3) is 2.86. The summed E-state index contributed by atoms with van der Waals surface area (Å²) in [5.74, 6) is 0.458. The Bertz CT molecular complexity index is 993. The number of hydrogen-bond acceptors (Lipinski definition) is 4. The van der Waals surface area contributed by atoms with Crippen LogP contribution in [0.3, 0.4) is 0 Å². The van der Waals surface area contributed by atoms with Gasteiger partial charge in [-0.1, -0.05) is 30.3 Å². The first-order valence-corrected chi connectivity index (χ1v) is 8.38. The van der Waals surface area contributed by atoms with Crippen molar-refractivity contribution in [2.45, 2.75) is 12.8 Å². The Kier molecular flexibility index (Phi) is 4.01. The van der Waals surface area contributed by atoms with Crippen molar-refractivity contribution in [3.8, 4) is 11.3 Å². The van der Waals surface area contributed by atoms with E-state index >= 15 is 0 Å². The van der Waals surface area contributed by atoms with Crippen LogP contribution in [0.25, 0.3) is 11.3 Å². The van der Waals surface area contributed by atoms with Crippen LogP contribution in [0, 0.1) is 10.1 Å². The van der Waals surface area contributed by atoms with E-state index in [0.29, 0.717) is 17.9 Å². The van der Waals surface area contributed by atoms with Crippen molar-refractivity contribution in [1.29, 1.82) is 0 Å². The minimum absolute atomic E-state index is 0.0169. The van der Waals surface area contributed by atoms with E-state index in [1.807, 2.05) is 24.3 Å². The molecule has 26 heavy (non-hydrogen) atoms. The molecule has 0 saturated heterocycles. The Balaban J connectivity index is 1.64. The maximum atomic E-state index is 12.9. The largest absolute Gasteiger partial charge is 0.451 e. The number of non-ortho nitro benzene ring substituents is 1. The minimum Gasteiger partial charge on any atom is -0.451 e. The molecule has 0 atom stereocenters. The molecular weight excluding hydrogens is 332 g/mol. The Morgan fingerprint density at radius 1 is 1.08 bits per heavy atom. The Hall–Kier alpha value is -3.41. The standard InChI is InChI=1S/C20H16N2O4/c23-20(21-12-4-7-14-5-1-2-9-17(14)21)19-11-10-18(26-19)15-6-3-8-16(13-15)22(24)25/h1-3,5-6,8-11,13H,4,7,12H2. The molecule has 0 spiro atoms. The van der Waals surface area contributed by atoms with Gasteiger partial charge in [0.15, 0.2) is 5.76 Å². The highest BCUT2D eigenvalue weighted by Gasteiger charge is 2.25. The summed E-state index contributed by atoms with van der Waals surface area (Å²) >= 11 is 0. The lowest BCUT2D eigenvalue weighted by Gasteiger charge is -2.28. The van der Waals surface area contributed by atoms with Crippen molar-refractivity contribution in [1.82, 2.24) is 0 Å². The summed E-state index contributed by atoms with van der Waals surface area (Å²) < 4.78 is 5.72. The molecule has 0 aliphatic carbocycles. The highest BCUT2D eigenvalue weighted by atomic mass is 16.6. The molecule has 6 heteroatoms. The first kappa shape index (κ1) is 16.1. The van der Waals surface area contributed by atoms with E-state index in [1.54, 1.807) is 29.2 Å². The van der Waals surface area contributed by atoms with Crippen molar-refractivity contribution in [2.24, 2.45) is 0 Å². The van der Waals surface area contributed by atoms with Gasteiger partial charge in [0.05, 0.1) is 4.92 Å². The van der Waals surface area contributed by atoms with Crippen LogP contribution in [-0.2, 0) is 6.42 Å². The lowest BCUT2D eigenvalue weighted by Crippen LogP contribution is -2.35. The average molecular weight is 348 g/mol. The van der Waals surface area contributed by atoms with Crippen molar-refractivity contribution in [3.63, 3.8) is 0 Å². The lowest BCUT2D eigenvalue weighted by molar-refractivity contribution is -0.384. The smallest absolute Gasteiger partial charge is 0.293 e. The molecule has 1 aliphatic heterocycles. The number of nitro groups is 1. The van der Waals surface area contributed by atoms with Gasteiger partial charge in [-0.2, -0.15) is 0 Å². The molecule has 0 N–H and O–H groups in total. The van der Waals surface area contributed by atoms with Crippen LogP contribution < -0.4 is 4.90 Å². The summed E-state index contributed by atoms with van der Waals surface area (Å²) in [6.45, 7) is 0.642. The van der Waals surface area contributed by atoms with Crippen LogP contribution in [0.1, 0.15) is 22.5 Å². The maximum Gasteiger partial charge on any atom is 0.293 e. The predicted molar refractivity (Wildman–Crippen MR) is 97.2 cm³/mol. The topological polar surface area (TPSA) is 76.6 Å². The fourth-order valence-electron chi connectivity index (χ4n) is 3.26. The quantitative estimate of drug-likeness (QED) is 0.518. The van der Waals surface area contributed by atoms with Crippen LogP contribution in [0.2, 0.25) is 0 Å². The third-order valence-corrected chi connectivity index (χ3v) is 4.51. The number of aryl methyl sites for hydroxylation is 1. The summed E-state index contributed by atoms with van der Waals surface area (Å²) in [7, 11) is 0. The van der Waals surface area contributed by atoms with E-state index in [9.17, 15) is 14.9 Å². The van der Waals surface area contributed by atoms with Gasteiger partial charge < -0.3 is 9.32 Å². The molecule has 1 aliphatic rings. The number of fused-ring (bicyclic) bond motifs is 1. The van der Waals surface area contributed by atoms with E-state index in [0.717, 1.165) is 24.1 Å². The Morgan fingerprint density at radius 2 is 1.92 bits per heavy atom. The van der Waals surface area contributed by atoms with Gasteiger partial charge in [0.1, 0.15) is 5.76 Å². The van der Waals surface area contributed by atoms with Crippen LogP contribution >= 0.6 is 0 Å². The molecule has 2 heterocycles. The van der Waals surface area contributed by atoms with E-state index in [4.69, 9.17) is 4.42 Å². The summed E-state index contributed by atoms with van der Waals surface area (Å²) in [5.41, 5.74) is 2.61. The summed E-state index contributed by atoms with van der Waals surface area (Å²) in [6.07, 6.45) is 1.86. The van der Waals surface area contributed by atoms with Gasteiger partial charge in [0.25, 0.3) is 11.6 Å². The second-order valence-electron chi connectivity index (χ2n) is 6.16. The van der Waals surface area contributed by atoms with Gasteiger partial charge in [-0.25, -0.2) is 0 Å². The fraction of sp³-hybridized carbons (Fsp3) is 0.150. The lowest BCUT2D eigenvalue weighted by atomic mass is 10.0. The number of amides is 1. The number of para-hydroxylation sites is 1. The fourth-order valence-corrected chi connectivity index (χ4v) is 3.26. The van der Waals surface area contributed by atoms with E-state index in [-0.39, 0.29) is 17.4 Å². The SMILES string of the molecule is O=C(c1ccc(-c2cccc([N+](=O)[O-])c2)o1)N1CCCc2ccccc21. The molecule has 1 amide bonds. The number of benzene rings is 2. The molecule has 0 radical (unpaired) electrons. The number of carbonyl (C=O) groups is 1. The van der Waals surface area contributed by atoms with Crippen molar-refractivity contribution < 1.29 is 14.1 Å². The second-order valence-corrected chi connectivity index (χ2v) is 6.16. The molecule has 0 saturated carbocycles. The molecule has 6 nitrogen and oxygen atoms in total. The molecular formula is C20H16N2O4. The molecule has 0 unspecified atom stereocenters. The van der Waals surface area contributed by atoms with Crippen LogP contribution in [-0.4, -0.2) is 17.4 Å². The van der Waals surface area contributed by atoms with Gasteiger partial charge >= 0.3 is 0 Å². The minimum atomic E-state index is -0.455. The third-order valence-electron chi connectivity index (χ3n) is 4.51. The van der Waals surface area contributed by atoms with Gasteiger partial charge in [-0.15, -0.1) is 0 Å². The molecule has 4 rings (SSSR count). The summed E-state index contributed by atoms with van der Waals surface area (Å²) in [5, 5.41) is 10.9. The van der Waals surface area contributed by atoms with Crippen molar-refractivity contribution in [3.05, 3.63) is 82.1 Å². The van der Waals surface area contributed by atoms with Gasteiger partial charge in [0.2, 0.25) is 0 Å². The number of nitrogens with zero attached hydrogens (tertiary/aromatic N) is 2. The Labute approximate surface area is 149 Å². The van der Waals surface area contributed by atoms with E-state index in [1.165, 1.54) is 12.1 Å². The van der Waals surface area contributed by atoms with Gasteiger partial charge in [-0.3, -0.25) is 14.9 Å². The first-order valence-electron chi connectivity index (χ1n) is 8.38. The summed E-state index contributed by atoms with van der Waals surface area (Å²) in [4.78, 5) is 25.1. The molecule has 0 bridgehead atoms. The number of carbonyl (C=O) groups excluding carboxylic acids is 1. The van der Waals surface area contributed by atoms with E-state index < -0.39 is 4.92 Å². The zero-order chi connectivity index (χ0) is 18.1. The normalized spacial score (nSPS) is 13.3. The second kappa shape index (κ2) is 6.48. The monoisotopic (exact) mass is 348 g/mol. The molecule has 1 aromatic heterocycles. The van der Waals surface area contributed by atoms with Crippen LogP contribution in [0.4, 0.5) is 11.4 Å². The van der Waals surface area contributed by atoms with E-state index in [2.05, 4.69) is 0 Å². The first-order chi connectivity index (χ1) is 12.6. The number of furan rings is 1. The number of anilines is 1. The highest BCUT2D eigenvalue weighted by molar-refractivity contribution is 6.05.